The van der Waals surface area contributed by atoms with Gasteiger partial charge in [-0.1, -0.05) is 18.2 Å². The minimum Gasteiger partial charge on any atom is -0.384 e. The van der Waals surface area contributed by atoms with Crippen molar-refractivity contribution in [2.24, 2.45) is 0 Å². The molecule has 1 amide bonds. The van der Waals surface area contributed by atoms with Gasteiger partial charge in [-0.15, -0.1) is 0 Å². The van der Waals surface area contributed by atoms with E-state index in [2.05, 4.69) is 33.8 Å². The van der Waals surface area contributed by atoms with Crippen LogP contribution in [-0.2, 0) is 17.8 Å². The molecule has 0 bridgehead atoms. The smallest absolute Gasteiger partial charge is 0.239 e. The fourth-order valence-corrected chi connectivity index (χ4v) is 2.63. The van der Waals surface area contributed by atoms with E-state index in [-0.39, 0.29) is 5.91 Å². The van der Waals surface area contributed by atoms with Crippen LogP contribution in [-0.4, -0.2) is 28.5 Å². The average molecular weight is 270 g/mol. The van der Waals surface area contributed by atoms with Crippen LogP contribution in [0.5, 0.6) is 0 Å². The fraction of sp³-hybridized carbons (Fsp3) is 0.333. The van der Waals surface area contributed by atoms with E-state index in [9.17, 15) is 4.79 Å². The lowest BCUT2D eigenvalue weighted by Crippen LogP contribution is -2.27. The number of amides is 1. The van der Waals surface area contributed by atoms with E-state index in [1.165, 1.54) is 11.3 Å². The van der Waals surface area contributed by atoms with Gasteiger partial charge in [-0.2, -0.15) is 0 Å². The first-order valence-corrected chi connectivity index (χ1v) is 6.92. The first-order chi connectivity index (χ1) is 9.79. The molecule has 2 aromatic rings. The molecule has 5 heteroatoms. The first-order valence-electron chi connectivity index (χ1n) is 6.92. The van der Waals surface area contributed by atoms with Crippen LogP contribution in [0.3, 0.4) is 0 Å². The molecule has 5 nitrogen and oxygen atoms in total. The normalized spacial score (nSPS) is 12.8. The van der Waals surface area contributed by atoms with Gasteiger partial charge in [0.25, 0.3) is 0 Å². The van der Waals surface area contributed by atoms with Crippen molar-refractivity contribution in [2.45, 2.75) is 19.9 Å². The van der Waals surface area contributed by atoms with Gasteiger partial charge in [0.05, 0.1) is 18.2 Å². The lowest BCUT2D eigenvalue weighted by Gasteiger charge is -2.12. The number of fused-ring (bicyclic) bond motifs is 1. The molecule has 0 saturated carbocycles. The molecular formula is C15H18N4O. The molecule has 0 aliphatic carbocycles. The summed E-state index contributed by atoms with van der Waals surface area (Å²) in [4.78, 5) is 15.9. The van der Waals surface area contributed by atoms with E-state index in [0.29, 0.717) is 13.1 Å². The Morgan fingerprint density at radius 2 is 2.40 bits per heavy atom. The number of para-hydroxylation sites is 1. The Bertz CT molecular complexity index is 633. The van der Waals surface area contributed by atoms with Gasteiger partial charge in [0.2, 0.25) is 5.91 Å². The molecule has 1 aliphatic rings. The Morgan fingerprint density at radius 1 is 1.50 bits per heavy atom. The summed E-state index contributed by atoms with van der Waals surface area (Å²) < 4.78 is 1.89. The lowest BCUT2D eigenvalue weighted by atomic mass is 10.1. The minimum absolute atomic E-state index is 0.00675. The number of benzene rings is 1. The van der Waals surface area contributed by atoms with Crippen molar-refractivity contribution >= 4 is 11.6 Å². The number of aromatic nitrogens is 2. The molecular weight excluding hydrogens is 252 g/mol. The van der Waals surface area contributed by atoms with E-state index < -0.39 is 0 Å². The summed E-state index contributed by atoms with van der Waals surface area (Å²) in [7, 11) is 0. The molecule has 104 valence electrons. The highest BCUT2D eigenvalue weighted by molar-refractivity contribution is 5.81. The highest BCUT2D eigenvalue weighted by atomic mass is 16.1. The second kappa shape index (κ2) is 5.36. The van der Waals surface area contributed by atoms with Crippen LogP contribution in [0.25, 0.3) is 11.3 Å². The topological polar surface area (TPSA) is 59.0 Å². The second-order valence-corrected chi connectivity index (χ2v) is 4.88. The highest BCUT2D eigenvalue weighted by Crippen LogP contribution is 2.33. The maximum absolute atomic E-state index is 11.8. The number of carbonyl (C=O) groups is 1. The standard InChI is InChI=1S/C15H18N4O/c1-2-17-14(20)9-19-10-16-8-13(19)12-5-3-4-11-6-7-18-15(11)12/h3-5,8,10,18H,2,6-7,9H2,1H3,(H,17,20). The SMILES string of the molecule is CCNC(=O)Cn1cncc1-c1cccc2c1NCC2. The second-order valence-electron chi connectivity index (χ2n) is 4.88. The Hall–Kier alpha value is -2.30. The van der Waals surface area contributed by atoms with Gasteiger partial charge in [-0.3, -0.25) is 4.79 Å². The molecule has 2 N–H and O–H groups in total. The molecule has 1 aliphatic heterocycles. The van der Waals surface area contributed by atoms with Crippen molar-refractivity contribution < 1.29 is 4.79 Å². The molecule has 0 atom stereocenters. The van der Waals surface area contributed by atoms with Crippen molar-refractivity contribution in [3.05, 3.63) is 36.3 Å². The van der Waals surface area contributed by atoms with Gasteiger partial charge in [0, 0.05) is 24.3 Å². The zero-order valence-corrected chi connectivity index (χ0v) is 11.5. The molecule has 20 heavy (non-hydrogen) atoms. The summed E-state index contributed by atoms with van der Waals surface area (Å²) >= 11 is 0. The number of hydrogen-bond donors (Lipinski definition) is 2. The highest BCUT2D eigenvalue weighted by Gasteiger charge is 2.17. The number of hydrogen-bond acceptors (Lipinski definition) is 3. The summed E-state index contributed by atoms with van der Waals surface area (Å²) in [6.07, 6.45) is 4.57. The summed E-state index contributed by atoms with van der Waals surface area (Å²) in [5, 5.41) is 6.23. The van der Waals surface area contributed by atoms with Crippen LogP contribution < -0.4 is 10.6 Å². The zero-order valence-electron chi connectivity index (χ0n) is 11.5. The van der Waals surface area contributed by atoms with Crippen LogP contribution in [0.4, 0.5) is 5.69 Å². The van der Waals surface area contributed by atoms with Gasteiger partial charge in [-0.05, 0) is 18.9 Å². The van der Waals surface area contributed by atoms with E-state index in [1.54, 1.807) is 6.33 Å². The van der Waals surface area contributed by atoms with E-state index in [0.717, 1.165) is 24.2 Å². The number of anilines is 1. The Morgan fingerprint density at radius 3 is 3.25 bits per heavy atom. The van der Waals surface area contributed by atoms with Crippen molar-refractivity contribution in [1.82, 2.24) is 14.9 Å². The van der Waals surface area contributed by atoms with Crippen LogP contribution in [0.1, 0.15) is 12.5 Å². The van der Waals surface area contributed by atoms with Gasteiger partial charge in [0.1, 0.15) is 6.54 Å². The Kier molecular flexibility index (Phi) is 3.41. The van der Waals surface area contributed by atoms with Crippen LogP contribution in [0.15, 0.2) is 30.7 Å². The molecule has 0 unspecified atom stereocenters. The van der Waals surface area contributed by atoms with Crippen LogP contribution in [0.2, 0.25) is 0 Å². The van der Waals surface area contributed by atoms with Crippen molar-refractivity contribution in [3.63, 3.8) is 0 Å². The summed E-state index contributed by atoms with van der Waals surface area (Å²) in [6, 6.07) is 6.27. The van der Waals surface area contributed by atoms with Crippen molar-refractivity contribution in [2.75, 3.05) is 18.4 Å². The zero-order chi connectivity index (χ0) is 13.9. The molecule has 1 aromatic carbocycles. The van der Waals surface area contributed by atoms with Gasteiger partial charge in [-0.25, -0.2) is 4.98 Å². The summed E-state index contributed by atoms with van der Waals surface area (Å²) in [6.45, 7) is 3.83. The number of carbonyl (C=O) groups excluding carboxylic acids is 1. The van der Waals surface area contributed by atoms with Crippen LogP contribution in [0, 0.1) is 0 Å². The maximum Gasteiger partial charge on any atom is 0.239 e. The van der Waals surface area contributed by atoms with E-state index >= 15 is 0 Å². The molecule has 0 spiro atoms. The molecule has 0 fully saturated rings. The monoisotopic (exact) mass is 270 g/mol. The largest absolute Gasteiger partial charge is 0.384 e. The molecule has 0 radical (unpaired) electrons. The number of nitrogens with zero attached hydrogens (tertiary/aromatic N) is 2. The third kappa shape index (κ3) is 2.27. The molecule has 1 aromatic heterocycles. The van der Waals surface area contributed by atoms with Gasteiger partial charge in [0.15, 0.2) is 0 Å². The van der Waals surface area contributed by atoms with Crippen LogP contribution >= 0.6 is 0 Å². The third-order valence-electron chi connectivity index (χ3n) is 3.52. The number of imidazole rings is 1. The van der Waals surface area contributed by atoms with Gasteiger partial charge >= 0.3 is 0 Å². The Labute approximate surface area is 118 Å². The average Bonchev–Trinajstić information content (AvgIpc) is 3.06. The first kappa shape index (κ1) is 12.7. The van der Waals surface area contributed by atoms with E-state index in [4.69, 9.17) is 0 Å². The minimum atomic E-state index is 0.00675. The number of nitrogens with one attached hydrogen (secondary N) is 2. The third-order valence-corrected chi connectivity index (χ3v) is 3.52. The number of likely N-dealkylation sites (N-methyl/N-ethyl adjacent to an activating group) is 1. The summed E-state index contributed by atoms with van der Waals surface area (Å²) in [5.41, 5.74) is 4.59. The van der Waals surface area contributed by atoms with Gasteiger partial charge < -0.3 is 15.2 Å². The van der Waals surface area contributed by atoms with Crippen molar-refractivity contribution in [1.29, 1.82) is 0 Å². The maximum atomic E-state index is 11.8. The molecule has 2 heterocycles. The molecule has 3 rings (SSSR count). The quantitative estimate of drug-likeness (QED) is 0.888. The molecule has 0 saturated heterocycles. The van der Waals surface area contributed by atoms with E-state index in [1.807, 2.05) is 17.7 Å². The predicted molar refractivity (Wildman–Crippen MR) is 78.5 cm³/mol. The predicted octanol–water partition coefficient (Wildman–Crippen LogP) is 1.65. The Balaban J connectivity index is 1.94. The van der Waals surface area contributed by atoms with Crippen molar-refractivity contribution in [3.8, 4) is 11.3 Å². The number of rotatable bonds is 4. The summed E-state index contributed by atoms with van der Waals surface area (Å²) in [5.74, 6) is 0.00675. The lowest BCUT2D eigenvalue weighted by molar-refractivity contribution is -0.121. The fourth-order valence-electron chi connectivity index (χ4n) is 2.63.